The number of Topliss-reactive ketones (excluding diaryl/α,β-unsaturated/α-hetero) is 1. The molecule has 0 aliphatic carbocycles. The summed E-state index contributed by atoms with van der Waals surface area (Å²) >= 11 is 0. The highest BCUT2D eigenvalue weighted by Crippen LogP contribution is 2.19. The molecule has 1 fully saturated rings. The lowest BCUT2D eigenvalue weighted by atomic mass is 10.0. The van der Waals surface area contributed by atoms with Crippen molar-refractivity contribution in [3.8, 4) is 0 Å². The van der Waals surface area contributed by atoms with Crippen LogP contribution in [0.4, 0.5) is 4.79 Å². The van der Waals surface area contributed by atoms with Crippen molar-refractivity contribution in [3.05, 3.63) is 29.8 Å². The molecule has 0 unspecified atom stereocenters. The van der Waals surface area contributed by atoms with Gasteiger partial charge in [-0.1, -0.05) is 26.0 Å². The zero-order valence-corrected chi connectivity index (χ0v) is 17.7. The predicted octanol–water partition coefficient (Wildman–Crippen LogP) is 0.805. The lowest BCUT2D eigenvalue weighted by Gasteiger charge is -2.36. The first-order valence-electron chi connectivity index (χ1n) is 9.48. The van der Waals surface area contributed by atoms with Crippen molar-refractivity contribution in [2.75, 3.05) is 26.2 Å². The second-order valence-corrected chi connectivity index (χ2v) is 9.44. The van der Waals surface area contributed by atoms with Crippen LogP contribution in [0.15, 0.2) is 29.2 Å². The number of nitrogens with zero attached hydrogens (tertiary/aromatic N) is 2. The van der Waals surface area contributed by atoms with E-state index in [1.807, 2.05) is 13.8 Å². The molecule has 160 valence electrons. The van der Waals surface area contributed by atoms with Gasteiger partial charge in [0, 0.05) is 31.7 Å². The average Bonchev–Trinajstić information content (AvgIpc) is 2.66. The molecule has 1 heterocycles. The zero-order chi connectivity index (χ0) is 21.8. The van der Waals surface area contributed by atoms with E-state index in [9.17, 15) is 22.8 Å². The molecule has 1 aromatic carbocycles. The van der Waals surface area contributed by atoms with Gasteiger partial charge in [0.25, 0.3) is 0 Å². The van der Waals surface area contributed by atoms with Crippen LogP contribution in [0, 0.1) is 5.92 Å². The third kappa shape index (κ3) is 5.77. The number of rotatable bonds is 7. The number of urea groups is 1. The van der Waals surface area contributed by atoms with Gasteiger partial charge in [-0.05, 0) is 31.4 Å². The van der Waals surface area contributed by atoms with E-state index < -0.39 is 22.1 Å². The Balaban J connectivity index is 2.05. The van der Waals surface area contributed by atoms with E-state index >= 15 is 0 Å². The topological polar surface area (TPSA) is 130 Å². The van der Waals surface area contributed by atoms with Crippen LogP contribution in [0.1, 0.15) is 37.6 Å². The van der Waals surface area contributed by atoms with Gasteiger partial charge in [-0.2, -0.15) is 4.31 Å². The van der Waals surface area contributed by atoms with Crippen molar-refractivity contribution in [1.82, 2.24) is 14.5 Å². The molecule has 1 aliphatic rings. The number of sulfonamides is 1. The Bertz CT molecular complexity index is 859. The van der Waals surface area contributed by atoms with Gasteiger partial charge >= 0.3 is 6.03 Å². The molecule has 0 radical (unpaired) electrons. The molecule has 2 rings (SSSR count). The summed E-state index contributed by atoms with van der Waals surface area (Å²) in [5.41, 5.74) is 5.62. The molecule has 9 nitrogen and oxygen atoms in total. The monoisotopic (exact) mass is 424 g/mol. The molecular weight excluding hydrogens is 396 g/mol. The number of primary amides is 1. The number of carbonyl (C=O) groups is 3. The highest BCUT2D eigenvalue weighted by atomic mass is 32.2. The fraction of sp³-hybridized carbons (Fsp3) is 0.526. The SMILES string of the molecule is CC(=O)c1ccc(S(=O)(=O)N2CCN(C(=O)[C@@H](CC(C)C)NC(N)=O)CC2)cc1. The third-order valence-electron chi connectivity index (χ3n) is 4.77. The van der Waals surface area contributed by atoms with Crippen molar-refractivity contribution in [1.29, 1.82) is 0 Å². The summed E-state index contributed by atoms with van der Waals surface area (Å²) in [5.74, 6) is -0.225. The molecule has 3 amide bonds. The molecule has 0 aromatic heterocycles. The summed E-state index contributed by atoms with van der Waals surface area (Å²) in [6.07, 6.45) is 0.447. The molecule has 29 heavy (non-hydrogen) atoms. The minimum atomic E-state index is -3.72. The number of hydrogen-bond acceptors (Lipinski definition) is 5. The van der Waals surface area contributed by atoms with Crippen LogP contribution < -0.4 is 11.1 Å². The number of carbonyl (C=O) groups excluding carboxylic acids is 3. The Morgan fingerprint density at radius 1 is 1.07 bits per heavy atom. The van der Waals surface area contributed by atoms with Gasteiger partial charge in [-0.3, -0.25) is 9.59 Å². The summed E-state index contributed by atoms with van der Waals surface area (Å²) < 4.78 is 27.0. The molecule has 0 saturated carbocycles. The van der Waals surface area contributed by atoms with Crippen molar-refractivity contribution in [2.45, 2.75) is 38.1 Å². The van der Waals surface area contributed by atoms with Crippen molar-refractivity contribution in [3.63, 3.8) is 0 Å². The molecule has 1 atom stereocenters. The zero-order valence-electron chi connectivity index (χ0n) is 16.9. The second kappa shape index (κ2) is 9.36. The lowest BCUT2D eigenvalue weighted by Crippen LogP contribution is -2.56. The molecular formula is C19H28N4O5S. The molecule has 10 heteroatoms. The Morgan fingerprint density at radius 3 is 2.07 bits per heavy atom. The van der Waals surface area contributed by atoms with Crippen LogP contribution in [0.25, 0.3) is 0 Å². The van der Waals surface area contributed by atoms with Crippen LogP contribution in [0.5, 0.6) is 0 Å². The van der Waals surface area contributed by atoms with Crippen LogP contribution in [0.2, 0.25) is 0 Å². The van der Waals surface area contributed by atoms with Crippen LogP contribution in [-0.2, 0) is 14.8 Å². The normalized spacial score (nSPS) is 16.5. The number of nitrogens with two attached hydrogens (primary N) is 1. The first-order valence-corrected chi connectivity index (χ1v) is 10.9. The lowest BCUT2D eigenvalue weighted by molar-refractivity contribution is -0.134. The molecule has 1 saturated heterocycles. The highest BCUT2D eigenvalue weighted by Gasteiger charge is 2.33. The van der Waals surface area contributed by atoms with Gasteiger partial charge in [0.05, 0.1) is 4.90 Å². The Labute approximate surface area is 171 Å². The fourth-order valence-electron chi connectivity index (χ4n) is 3.24. The average molecular weight is 425 g/mol. The van der Waals surface area contributed by atoms with Gasteiger partial charge < -0.3 is 16.0 Å². The predicted molar refractivity (Wildman–Crippen MR) is 108 cm³/mol. The first kappa shape index (κ1) is 22.8. The maximum atomic E-state index is 12.8. The number of piperazine rings is 1. The van der Waals surface area contributed by atoms with E-state index in [1.54, 1.807) is 4.90 Å². The maximum absolute atomic E-state index is 12.8. The second-order valence-electron chi connectivity index (χ2n) is 7.50. The van der Waals surface area contributed by atoms with Crippen LogP contribution >= 0.6 is 0 Å². The summed E-state index contributed by atoms with van der Waals surface area (Å²) in [6.45, 7) is 6.02. The summed E-state index contributed by atoms with van der Waals surface area (Å²) in [5, 5.41) is 2.48. The van der Waals surface area contributed by atoms with E-state index in [4.69, 9.17) is 5.73 Å². The van der Waals surface area contributed by atoms with Gasteiger partial charge in [-0.15, -0.1) is 0 Å². The Morgan fingerprint density at radius 2 is 1.62 bits per heavy atom. The summed E-state index contributed by atoms with van der Waals surface area (Å²) in [7, 11) is -3.72. The molecule has 3 N–H and O–H groups in total. The van der Waals surface area contributed by atoms with E-state index in [0.717, 1.165) is 0 Å². The third-order valence-corrected chi connectivity index (χ3v) is 6.68. The smallest absolute Gasteiger partial charge is 0.312 e. The molecule has 0 spiro atoms. The standard InChI is InChI=1S/C19H28N4O5S/c1-13(2)12-17(21-19(20)26)18(25)22-8-10-23(11-9-22)29(27,28)16-6-4-15(5-7-16)14(3)24/h4-7,13,17H,8-12H2,1-3H3,(H3,20,21,26)/t17-/m1/s1. The van der Waals surface area contributed by atoms with Crippen molar-refractivity contribution in [2.24, 2.45) is 11.7 Å². The first-order chi connectivity index (χ1) is 13.5. The molecule has 1 aliphatic heterocycles. The Hall–Kier alpha value is -2.46. The summed E-state index contributed by atoms with van der Waals surface area (Å²) in [4.78, 5) is 37.0. The largest absolute Gasteiger partial charge is 0.352 e. The van der Waals surface area contributed by atoms with E-state index in [2.05, 4.69) is 5.32 Å². The van der Waals surface area contributed by atoms with Crippen molar-refractivity contribution < 1.29 is 22.8 Å². The Kier molecular flexibility index (Phi) is 7.37. The van der Waals surface area contributed by atoms with Crippen molar-refractivity contribution >= 4 is 27.7 Å². The number of benzene rings is 1. The van der Waals surface area contributed by atoms with E-state index in [-0.39, 0.29) is 48.7 Å². The number of hydrogen-bond donors (Lipinski definition) is 2. The summed E-state index contributed by atoms with van der Waals surface area (Å²) in [6, 6.07) is 4.31. The number of nitrogens with one attached hydrogen (secondary N) is 1. The molecule has 1 aromatic rings. The van der Waals surface area contributed by atoms with Gasteiger partial charge in [0.15, 0.2) is 5.78 Å². The number of amides is 3. The number of ketones is 1. The fourth-order valence-corrected chi connectivity index (χ4v) is 4.67. The minimum Gasteiger partial charge on any atom is -0.352 e. The van der Waals surface area contributed by atoms with Crippen LogP contribution in [0.3, 0.4) is 0 Å². The van der Waals surface area contributed by atoms with Gasteiger partial charge in [0.1, 0.15) is 6.04 Å². The minimum absolute atomic E-state index is 0.107. The van der Waals surface area contributed by atoms with E-state index in [1.165, 1.54) is 35.5 Å². The van der Waals surface area contributed by atoms with E-state index in [0.29, 0.717) is 12.0 Å². The highest BCUT2D eigenvalue weighted by molar-refractivity contribution is 7.89. The molecule has 0 bridgehead atoms. The van der Waals surface area contributed by atoms with Gasteiger partial charge in [0.2, 0.25) is 15.9 Å². The van der Waals surface area contributed by atoms with Gasteiger partial charge in [-0.25, -0.2) is 13.2 Å². The quantitative estimate of drug-likeness (QED) is 0.626. The maximum Gasteiger partial charge on any atom is 0.312 e. The van der Waals surface area contributed by atoms with Crippen LogP contribution in [-0.4, -0.2) is 67.6 Å².